The van der Waals surface area contributed by atoms with Crippen molar-refractivity contribution in [1.29, 1.82) is 0 Å². The number of rotatable bonds is 6. The minimum atomic E-state index is -0.630. The molecule has 0 aromatic carbocycles. The lowest BCUT2D eigenvalue weighted by molar-refractivity contribution is 0.614. The van der Waals surface area contributed by atoms with E-state index in [0.29, 0.717) is 12.5 Å². The van der Waals surface area contributed by atoms with E-state index in [0.717, 1.165) is 24.3 Å². The highest BCUT2D eigenvalue weighted by Crippen LogP contribution is 2.03. The Bertz CT molecular complexity index is 117. The zero-order chi connectivity index (χ0) is 8.69. The fraction of sp³-hybridized carbons (Fsp3) is 1.00. The molecule has 0 rings (SSSR count). The quantitative estimate of drug-likeness (QED) is 0.661. The molecule has 2 N–H and O–H groups in total. The van der Waals surface area contributed by atoms with Crippen LogP contribution in [0.5, 0.6) is 0 Å². The maximum Gasteiger partial charge on any atom is 0.0260 e. The minimum absolute atomic E-state index is 0.591. The van der Waals surface area contributed by atoms with Crippen LogP contribution in [0.4, 0.5) is 0 Å². The SMILES string of the molecule is CCC(C)CS(=O)CCCN. The Morgan fingerprint density at radius 3 is 2.64 bits per heavy atom. The van der Waals surface area contributed by atoms with E-state index in [1.165, 1.54) is 0 Å². The van der Waals surface area contributed by atoms with Crippen LogP contribution in [0.15, 0.2) is 0 Å². The average Bonchev–Trinajstić information content (AvgIpc) is 2.00. The van der Waals surface area contributed by atoms with Crippen molar-refractivity contribution in [2.75, 3.05) is 18.1 Å². The molecule has 0 aliphatic rings. The average molecular weight is 177 g/mol. The molecule has 2 atom stereocenters. The molecule has 0 aromatic rings. The van der Waals surface area contributed by atoms with Gasteiger partial charge in [0.25, 0.3) is 0 Å². The van der Waals surface area contributed by atoms with E-state index >= 15 is 0 Å². The molecule has 0 aromatic heterocycles. The van der Waals surface area contributed by atoms with E-state index in [4.69, 9.17) is 5.73 Å². The first-order valence-corrected chi connectivity index (χ1v) is 5.74. The van der Waals surface area contributed by atoms with Crippen molar-refractivity contribution in [2.45, 2.75) is 26.7 Å². The van der Waals surface area contributed by atoms with Crippen molar-refractivity contribution in [3.63, 3.8) is 0 Å². The van der Waals surface area contributed by atoms with Crippen LogP contribution in [0.3, 0.4) is 0 Å². The van der Waals surface area contributed by atoms with Gasteiger partial charge in [-0.25, -0.2) is 0 Å². The molecule has 0 saturated carbocycles. The molecule has 2 unspecified atom stereocenters. The molecule has 0 fully saturated rings. The normalized spacial score (nSPS) is 16.3. The van der Waals surface area contributed by atoms with Crippen molar-refractivity contribution < 1.29 is 4.21 Å². The zero-order valence-electron chi connectivity index (χ0n) is 7.51. The summed E-state index contributed by atoms with van der Waals surface area (Å²) >= 11 is 0. The molecule has 2 nitrogen and oxygen atoms in total. The molecule has 0 spiro atoms. The van der Waals surface area contributed by atoms with Crippen molar-refractivity contribution in [1.82, 2.24) is 0 Å². The Morgan fingerprint density at radius 1 is 1.55 bits per heavy atom. The monoisotopic (exact) mass is 177 g/mol. The molecular weight excluding hydrogens is 158 g/mol. The Labute approximate surface area is 72.0 Å². The minimum Gasteiger partial charge on any atom is -0.330 e. The van der Waals surface area contributed by atoms with E-state index in [2.05, 4.69) is 13.8 Å². The summed E-state index contributed by atoms with van der Waals surface area (Å²) in [5.41, 5.74) is 5.31. The Morgan fingerprint density at radius 2 is 2.18 bits per heavy atom. The Balaban J connectivity index is 3.36. The van der Waals surface area contributed by atoms with Gasteiger partial charge >= 0.3 is 0 Å². The number of nitrogens with two attached hydrogens (primary N) is 1. The molecule has 0 bridgehead atoms. The number of hydrogen-bond acceptors (Lipinski definition) is 2. The molecule has 0 radical (unpaired) electrons. The summed E-state index contributed by atoms with van der Waals surface area (Å²) in [5.74, 6) is 2.21. The van der Waals surface area contributed by atoms with Gasteiger partial charge in [-0.15, -0.1) is 0 Å². The summed E-state index contributed by atoms with van der Waals surface area (Å²) in [6.45, 7) is 4.93. The summed E-state index contributed by atoms with van der Waals surface area (Å²) < 4.78 is 11.2. The third kappa shape index (κ3) is 6.51. The third-order valence-corrected chi connectivity index (χ3v) is 3.43. The van der Waals surface area contributed by atoms with Gasteiger partial charge in [-0.05, 0) is 18.9 Å². The van der Waals surface area contributed by atoms with Crippen LogP contribution >= 0.6 is 0 Å². The first kappa shape index (κ1) is 11.1. The van der Waals surface area contributed by atoms with Crippen LogP contribution in [0, 0.1) is 5.92 Å². The van der Waals surface area contributed by atoms with Gasteiger partial charge in [0.2, 0.25) is 0 Å². The van der Waals surface area contributed by atoms with Gasteiger partial charge in [-0.1, -0.05) is 20.3 Å². The topological polar surface area (TPSA) is 43.1 Å². The molecule has 0 aliphatic heterocycles. The highest BCUT2D eigenvalue weighted by Gasteiger charge is 2.04. The van der Waals surface area contributed by atoms with Gasteiger partial charge in [0.05, 0.1) is 0 Å². The van der Waals surface area contributed by atoms with Gasteiger partial charge in [-0.2, -0.15) is 0 Å². The molecule has 0 heterocycles. The second-order valence-electron chi connectivity index (χ2n) is 2.97. The van der Waals surface area contributed by atoms with Crippen molar-refractivity contribution in [3.8, 4) is 0 Å². The Kier molecular flexibility index (Phi) is 6.87. The molecule has 0 aliphatic carbocycles. The summed E-state index contributed by atoms with van der Waals surface area (Å²) in [4.78, 5) is 0. The molecule has 0 saturated heterocycles. The van der Waals surface area contributed by atoms with Crippen molar-refractivity contribution >= 4 is 10.8 Å². The lowest BCUT2D eigenvalue weighted by atomic mass is 10.2. The zero-order valence-corrected chi connectivity index (χ0v) is 8.32. The third-order valence-electron chi connectivity index (χ3n) is 1.74. The van der Waals surface area contributed by atoms with Gasteiger partial charge in [-0.3, -0.25) is 4.21 Å². The van der Waals surface area contributed by atoms with E-state index in [1.807, 2.05) is 0 Å². The first-order chi connectivity index (χ1) is 5.20. The van der Waals surface area contributed by atoms with Crippen LogP contribution in [0.2, 0.25) is 0 Å². The second kappa shape index (κ2) is 6.80. The van der Waals surface area contributed by atoms with Crippen molar-refractivity contribution in [3.05, 3.63) is 0 Å². The van der Waals surface area contributed by atoms with E-state index in [-0.39, 0.29) is 0 Å². The van der Waals surface area contributed by atoms with Crippen molar-refractivity contribution in [2.24, 2.45) is 11.7 Å². The van der Waals surface area contributed by atoms with Gasteiger partial charge < -0.3 is 5.73 Å². The van der Waals surface area contributed by atoms with E-state index in [9.17, 15) is 4.21 Å². The summed E-state index contributed by atoms with van der Waals surface area (Å²) in [5, 5.41) is 0. The van der Waals surface area contributed by atoms with Crippen LogP contribution in [-0.2, 0) is 10.8 Å². The lowest BCUT2D eigenvalue weighted by Crippen LogP contribution is -2.12. The molecule has 0 amide bonds. The Hall–Kier alpha value is 0.110. The predicted molar refractivity (Wildman–Crippen MR) is 51.0 cm³/mol. The lowest BCUT2D eigenvalue weighted by Gasteiger charge is -2.06. The van der Waals surface area contributed by atoms with E-state index < -0.39 is 10.8 Å². The molecule has 68 valence electrons. The maximum atomic E-state index is 11.2. The summed E-state index contributed by atoms with van der Waals surface area (Å²) in [6, 6.07) is 0. The standard InChI is InChI=1S/C8H19NOS/c1-3-8(2)7-11(10)6-4-5-9/h8H,3-7,9H2,1-2H3. The maximum absolute atomic E-state index is 11.2. The van der Waals surface area contributed by atoms with Gasteiger partial charge in [0.1, 0.15) is 0 Å². The van der Waals surface area contributed by atoms with Crippen LogP contribution in [0.1, 0.15) is 26.7 Å². The predicted octanol–water partition coefficient (Wildman–Crippen LogP) is 1.13. The van der Waals surface area contributed by atoms with Crippen LogP contribution in [0.25, 0.3) is 0 Å². The molecule has 3 heteroatoms. The summed E-state index contributed by atoms with van der Waals surface area (Å²) in [7, 11) is -0.630. The number of hydrogen-bond donors (Lipinski definition) is 1. The molecule has 11 heavy (non-hydrogen) atoms. The fourth-order valence-corrected chi connectivity index (χ4v) is 2.29. The van der Waals surface area contributed by atoms with Gasteiger partial charge in [0.15, 0.2) is 0 Å². The molecular formula is C8H19NOS. The van der Waals surface area contributed by atoms with Crippen LogP contribution in [-0.4, -0.2) is 22.3 Å². The fourth-order valence-electron chi connectivity index (χ4n) is 0.763. The smallest absolute Gasteiger partial charge is 0.0260 e. The second-order valence-corrected chi connectivity index (χ2v) is 4.59. The summed E-state index contributed by atoms with van der Waals surface area (Å²) in [6.07, 6.45) is 2.01. The van der Waals surface area contributed by atoms with Gasteiger partial charge in [0, 0.05) is 22.3 Å². The highest BCUT2D eigenvalue weighted by atomic mass is 32.2. The highest BCUT2D eigenvalue weighted by molar-refractivity contribution is 7.84. The van der Waals surface area contributed by atoms with E-state index in [1.54, 1.807) is 0 Å². The van der Waals surface area contributed by atoms with Crippen LogP contribution < -0.4 is 5.73 Å². The largest absolute Gasteiger partial charge is 0.330 e. The first-order valence-electron chi connectivity index (χ1n) is 4.25.